The molecule has 0 unspecified atom stereocenters. The number of nitrogens with one attached hydrogen (secondary N) is 1. The minimum atomic E-state index is 0.555. The predicted molar refractivity (Wildman–Crippen MR) is 79.1 cm³/mol. The zero-order chi connectivity index (χ0) is 13.4. The van der Waals surface area contributed by atoms with Gasteiger partial charge in [0.25, 0.3) is 0 Å². The summed E-state index contributed by atoms with van der Waals surface area (Å²) in [6, 6.07) is 5.04. The van der Waals surface area contributed by atoms with Gasteiger partial charge in [-0.1, -0.05) is 6.92 Å². The van der Waals surface area contributed by atoms with E-state index in [2.05, 4.69) is 43.1 Å². The molecular formula is C14H26N2OS. The Kier molecular flexibility index (Phi) is 7.51. The van der Waals surface area contributed by atoms with Crippen LogP contribution >= 0.6 is 11.3 Å². The van der Waals surface area contributed by atoms with Gasteiger partial charge in [0.15, 0.2) is 0 Å². The highest BCUT2D eigenvalue weighted by molar-refractivity contribution is 7.11. The minimum Gasteiger partial charge on any atom is -0.383 e. The van der Waals surface area contributed by atoms with Crippen molar-refractivity contribution in [3.63, 3.8) is 0 Å². The molecule has 1 N–H and O–H groups in total. The number of methoxy groups -OCH3 is 1. The van der Waals surface area contributed by atoms with Gasteiger partial charge in [-0.15, -0.1) is 11.3 Å². The molecule has 0 atom stereocenters. The quantitative estimate of drug-likeness (QED) is 0.747. The van der Waals surface area contributed by atoms with E-state index in [-0.39, 0.29) is 0 Å². The third-order valence-electron chi connectivity index (χ3n) is 2.94. The maximum Gasteiger partial charge on any atom is 0.0589 e. The molecule has 18 heavy (non-hydrogen) atoms. The molecule has 1 aromatic rings. The summed E-state index contributed by atoms with van der Waals surface area (Å²) in [6.07, 6.45) is 0. The molecule has 1 aromatic heterocycles. The van der Waals surface area contributed by atoms with Gasteiger partial charge in [-0.3, -0.25) is 4.90 Å². The third-order valence-corrected chi connectivity index (χ3v) is 4.01. The van der Waals surface area contributed by atoms with Crippen molar-refractivity contribution >= 4 is 11.3 Å². The van der Waals surface area contributed by atoms with Crippen LogP contribution in [0.2, 0.25) is 0 Å². The molecule has 1 heterocycles. The van der Waals surface area contributed by atoms with E-state index in [1.165, 1.54) is 9.75 Å². The molecule has 4 heteroatoms. The normalized spacial score (nSPS) is 11.7. The maximum absolute atomic E-state index is 5.17. The van der Waals surface area contributed by atoms with Gasteiger partial charge in [0, 0.05) is 42.5 Å². The number of hydrogen-bond acceptors (Lipinski definition) is 4. The Morgan fingerprint density at radius 1 is 1.33 bits per heavy atom. The monoisotopic (exact) mass is 270 g/mol. The van der Waals surface area contributed by atoms with Crippen LogP contribution in [-0.2, 0) is 17.8 Å². The molecule has 3 nitrogen and oxygen atoms in total. The molecule has 104 valence electrons. The Hall–Kier alpha value is -0.420. The molecular weight excluding hydrogens is 244 g/mol. The van der Waals surface area contributed by atoms with Gasteiger partial charge >= 0.3 is 0 Å². The maximum atomic E-state index is 5.17. The average Bonchev–Trinajstić information content (AvgIpc) is 2.79. The van der Waals surface area contributed by atoms with Crippen LogP contribution in [0.5, 0.6) is 0 Å². The average molecular weight is 270 g/mol. The Morgan fingerprint density at radius 2 is 2.06 bits per heavy atom. The summed E-state index contributed by atoms with van der Waals surface area (Å²) < 4.78 is 5.17. The largest absolute Gasteiger partial charge is 0.383 e. The summed E-state index contributed by atoms with van der Waals surface area (Å²) >= 11 is 1.91. The summed E-state index contributed by atoms with van der Waals surface area (Å²) in [4.78, 5) is 5.31. The number of thiophene rings is 1. The van der Waals surface area contributed by atoms with Crippen molar-refractivity contribution < 1.29 is 4.74 Å². The van der Waals surface area contributed by atoms with Crippen LogP contribution in [0, 0.1) is 0 Å². The number of ether oxygens (including phenoxy) is 1. The highest BCUT2D eigenvalue weighted by atomic mass is 32.1. The van der Waals surface area contributed by atoms with E-state index >= 15 is 0 Å². The summed E-state index contributed by atoms with van der Waals surface area (Å²) in [6.45, 7) is 11.5. The van der Waals surface area contributed by atoms with Crippen molar-refractivity contribution in [2.24, 2.45) is 0 Å². The molecule has 0 radical (unpaired) electrons. The first-order chi connectivity index (χ1) is 8.67. The van der Waals surface area contributed by atoms with Crippen LogP contribution in [0.4, 0.5) is 0 Å². The number of nitrogens with zero attached hydrogens (tertiary/aromatic N) is 1. The summed E-state index contributed by atoms with van der Waals surface area (Å²) in [5.41, 5.74) is 0. The van der Waals surface area contributed by atoms with Crippen molar-refractivity contribution in [3.05, 3.63) is 21.9 Å². The molecule has 0 amide bonds. The van der Waals surface area contributed by atoms with Crippen LogP contribution in [-0.4, -0.2) is 37.7 Å². The zero-order valence-corrected chi connectivity index (χ0v) is 12.8. The second-order valence-corrected chi connectivity index (χ2v) is 5.96. The standard InChI is InChI=1S/C14H26N2OS/c1-5-15-10-13-6-7-14(18-13)11-16(12(2)3)8-9-17-4/h6-7,12,15H,5,8-11H2,1-4H3. The van der Waals surface area contributed by atoms with Crippen LogP contribution in [0.25, 0.3) is 0 Å². The lowest BCUT2D eigenvalue weighted by molar-refractivity contribution is 0.125. The minimum absolute atomic E-state index is 0.555. The third kappa shape index (κ3) is 5.48. The van der Waals surface area contributed by atoms with Crippen LogP contribution < -0.4 is 5.32 Å². The summed E-state index contributed by atoms with van der Waals surface area (Å²) in [5, 5.41) is 3.37. The first-order valence-electron chi connectivity index (χ1n) is 6.68. The van der Waals surface area contributed by atoms with E-state index in [1.54, 1.807) is 7.11 Å². The second-order valence-electron chi connectivity index (χ2n) is 4.71. The smallest absolute Gasteiger partial charge is 0.0589 e. The van der Waals surface area contributed by atoms with Crippen LogP contribution in [0.1, 0.15) is 30.5 Å². The fourth-order valence-corrected chi connectivity index (χ4v) is 2.79. The van der Waals surface area contributed by atoms with Gasteiger partial charge in [-0.05, 0) is 32.5 Å². The molecule has 1 rings (SSSR count). The van der Waals surface area contributed by atoms with Crippen molar-refractivity contribution in [2.75, 3.05) is 26.8 Å². The van der Waals surface area contributed by atoms with Gasteiger partial charge in [0.2, 0.25) is 0 Å². The first kappa shape index (κ1) is 15.6. The van der Waals surface area contributed by atoms with Crippen LogP contribution in [0.3, 0.4) is 0 Å². The lowest BCUT2D eigenvalue weighted by Crippen LogP contribution is -2.32. The van der Waals surface area contributed by atoms with E-state index < -0.39 is 0 Å². The Balaban J connectivity index is 2.49. The van der Waals surface area contributed by atoms with Gasteiger partial charge in [0.05, 0.1) is 6.61 Å². The Morgan fingerprint density at radius 3 is 2.67 bits per heavy atom. The van der Waals surface area contributed by atoms with Gasteiger partial charge in [0.1, 0.15) is 0 Å². The summed E-state index contributed by atoms with van der Waals surface area (Å²) in [5.74, 6) is 0. The van der Waals surface area contributed by atoms with Crippen molar-refractivity contribution in [1.29, 1.82) is 0 Å². The van der Waals surface area contributed by atoms with Gasteiger partial charge < -0.3 is 10.1 Å². The number of rotatable bonds is 9. The Labute approximate surface area is 115 Å². The first-order valence-corrected chi connectivity index (χ1v) is 7.50. The highest BCUT2D eigenvalue weighted by Crippen LogP contribution is 2.19. The Bertz CT molecular complexity index is 325. The van der Waals surface area contributed by atoms with E-state index in [9.17, 15) is 0 Å². The predicted octanol–water partition coefficient (Wildman–Crippen LogP) is 2.71. The van der Waals surface area contributed by atoms with Crippen molar-refractivity contribution in [2.45, 2.75) is 39.9 Å². The topological polar surface area (TPSA) is 24.5 Å². The molecule has 0 aliphatic rings. The molecule has 0 bridgehead atoms. The van der Waals surface area contributed by atoms with Gasteiger partial charge in [-0.2, -0.15) is 0 Å². The molecule has 0 fully saturated rings. The van der Waals surface area contributed by atoms with E-state index in [1.807, 2.05) is 11.3 Å². The van der Waals surface area contributed by atoms with E-state index in [0.29, 0.717) is 6.04 Å². The second kappa shape index (κ2) is 8.64. The number of hydrogen-bond donors (Lipinski definition) is 1. The van der Waals surface area contributed by atoms with Gasteiger partial charge in [-0.25, -0.2) is 0 Å². The molecule has 0 aliphatic heterocycles. The van der Waals surface area contributed by atoms with E-state index in [4.69, 9.17) is 4.74 Å². The van der Waals surface area contributed by atoms with Crippen molar-refractivity contribution in [1.82, 2.24) is 10.2 Å². The molecule has 0 aliphatic carbocycles. The highest BCUT2D eigenvalue weighted by Gasteiger charge is 2.11. The fraction of sp³-hybridized carbons (Fsp3) is 0.714. The molecule has 0 aromatic carbocycles. The fourth-order valence-electron chi connectivity index (χ4n) is 1.78. The molecule has 0 saturated heterocycles. The zero-order valence-electron chi connectivity index (χ0n) is 12.0. The SMILES string of the molecule is CCNCc1ccc(CN(CCOC)C(C)C)s1. The lowest BCUT2D eigenvalue weighted by atomic mass is 10.3. The van der Waals surface area contributed by atoms with Crippen molar-refractivity contribution in [3.8, 4) is 0 Å². The molecule has 0 saturated carbocycles. The molecule has 0 spiro atoms. The summed E-state index contributed by atoms with van der Waals surface area (Å²) in [7, 11) is 1.76. The lowest BCUT2D eigenvalue weighted by Gasteiger charge is -2.25. The van der Waals surface area contributed by atoms with Crippen LogP contribution in [0.15, 0.2) is 12.1 Å². The van der Waals surface area contributed by atoms with E-state index in [0.717, 1.165) is 32.8 Å².